The number of amides is 2. The summed E-state index contributed by atoms with van der Waals surface area (Å²) in [7, 11) is 1.63. The molecule has 0 aromatic heterocycles. The standard InChI is InChI=1S/C23H25N3O5S/c1-30-17-8-6-16(7-9-17)25-10-12-26(13-11-25)21(27)15-31-22(28)14-20-23(29)24-18-4-2-3-5-19(18)32-20/h2-9,20H,10-15H2,1H3,(H,24,29)/t20-/m1/s1. The number of fused-ring (bicyclic) bond motifs is 1. The van der Waals surface area contributed by atoms with Gasteiger partial charge >= 0.3 is 5.97 Å². The number of nitrogens with one attached hydrogen (secondary N) is 1. The van der Waals surface area contributed by atoms with E-state index in [1.54, 1.807) is 12.0 Å². The van der Waals surface area contributed by atoms with Gasteiger partial charge in [0.1, 0.15) is 5.75 Å². The van der Waals surface area contributed by atoms with Crippen LogP contribution in [0, 0.1) is 0 Å². The number of hydrogen-bond acceptors (Lipinski definition) is 7. The van der Waals surface area contributed by atoms with Crippen molar-refractivity contribution in [3.05, 3.63) is 48.5 Å². The van der Waals surface area contributed by atoms with Crippen LogP contribution in [0.4, 0.5) is 11.4 Å². The SMILES string of the molecule is COc1ccc(N2CCN(C(=O)COC(=O)C[C@H]3Sc4ccccc4NC3=O)CC2)cc1. The average Bonchev–Trinajstić information content (AvgIpc) is 2.83. The number of para-hydroxylation sites is 1. The van der Waals surface area contributed by atoms with E-state index < -0.39 is 11.2 Å². The molecular weight excluding hydrogens is 430 g/mol. The molecule has 0 aliphatic carbocycles. The molecule has 4 rings (SSSR count). The molecule has 8 nitrogen and oxygen atoms in total. The van der Waals surface area contributed by atoms with Crippen molar-refractivity contribution in [1.29, 1.82) is 0 Å². The normalized spacial score (nSPS) is 17.9. The highest BCUT2D eigenvalue weighted by Crippen LogP contribution is 2.36. The highest BCUT2D eigenvalue weighted by molar-refractivity contribution is 8.01. The fraction of sp³-hybridized carbons (Fsp3) is 0.348. The molecule has 0 unspecified atom stereocenters. The highest BCUT2D eigenvalue weighted by atomic mass is 32.2. The zero-order chi connectivity index (χ0) is 22.5. The third kappa shape index (κ3) is 5.16. The third-order valence-electron chi connectivity index (χ3n) is 5.49. The lowest BCUT2D eigenvalue weighted by atomic mass is 10.2. The van der Waals surface area contributed by atoms with E-state index >= 15 is 0 Å². The molecule has 2 aliphatic rings. The maximum absolute atomic E-state index is 12.5. The summed E-state index contributed by atoms with van der Waals surface area (Å²) in [6.07, 6.45) is -0.0800. The van der Waals surface area contributed by atoms with Gasteiger partial charge in [-0.05, 0) is 36.4 Å². The number of methoxy groups -OCH3 is 1. The minimum atomic E-state index is -0.569. The van der Waals surface area contributed by atoms with Gasteiger partial charge in [0.15, 0.2) is 6.61 Å². The number of esters is 1. The molecule has 0 radical (unpaired) electrons. The van der Waals surface area contributed by atoms with E-state index in [-0.39, 0.29) is 24.8 Å². The predicted octanol–water partition coefficient (Wildman–Crippen LogP) is 2.39. The van der Waals surface area contributed by atoms with Gasteiger partial charge in [0.05, 0.1) is 24.5 Å². The topological polar surface area (TPSA) is 88.2 Å². The van der Waals surface area contributed by atoms with E-state index in [1.165, 1.54) is 11.8 Å². The summed E-state index contributed by atoms with van der Waals surface area (Å²) >= 11 is 1.33. The number of rotatable bonds is 6. The van der Waals surface area contributed by atoms with E-state index in [4.69, 9.17) is 9.47 Å². The zero-order valence-corrected chi connectivity index (χ0v) is 18.6. The third-order valence-corrected chi connectivity index (χ3v) is 6.76. The van der Waals surface area contributed by atoms with E-state index in [0.717, 1.165) is 22.0 Å². The molecule has 0 bridgehead atoms. The molecule has 1 N–H and O–H groups in total. The summed E-state index contributed by atoms with van der Waals surface area (Å²) in [5, 5.41) is 2.23. The summed E-state index contributed by atoms with van der Waals surface area (Å²) in [4.78, 5) is 41.8. The van der Waals surface area contributed by atoms with Crippen LogP contribution in [0.1, 0.15) is 6.42 Å². The molecular formula is C23H25N3O5S. The first-order chi connectivity index (χ1) is 15.5. The number of carbonyl (C=O) groups is 3. The number of thioether (sulfide) groups is 1. The van der Waals surface area contributed by atoms with Crippen molar-refractivity contribution in [3.8, 4) is 5.75 Å². The van der Waals surface area contributed by atoms with E-state index in [1.807, 2.05) is 48.5 Å². The van der Waals surface area contributed by atoms with Crippen LogP contribution in [0.3, 0.4) is 0 Å². The Morgan fingerprint density at radius 2 is 1.78 bits per heavy atom. The second-order valence-electron chi connectivity index (χ2n) is 7.52. The minimum Gasteiger partial charge on any atom is -0.497 e. The second kappa shape index (κ2) is 9.95. The quantitative estimate of drug-likeness (QED) is 0.669. The highest BCUT2D eigenvalue weighted by Gasteiger charge is 2.30. The van der Waals surface area contributed by atoms with Gasteiger partial charge in [-0.1, -0.05) is 12.1 Å². The van der Waals surface area contributed by atoms with Crippen molar-refractivity contribution < 1.29 is 23.9 Å². The molecule has 2 aromatic rings. The van der Waals surface area contributed by atoms with E-state index in [0.29, 0.717) is 26.2 Å². The Morgan fingerprint density at radius 3 is 2.50 bits per heavy atom. The zero-order valence-electron chi connectivity index (χ0n) is 17.8. The minimum absolute atomic E-state index is 0.0800. The number of carbonyl (C=O) groups excluding carboxylic acids is 3. The first kappa shape index (κ1) is 22.0. The molecule has 2 aromatic carbocycles. The Kier molecular flexibility index (Phi) is 6.84. The van der Waals surface area contributed by atoms with Crippen molar-refractivity contribution in [2.24, 2.45) is 0 Å². The van der Waals surface area contributed by atoms with E-state index in [2.05, 4.69) is 10.2 Å². The van der Waals surface area contributed by atoms with Crippen LogP contribution in [-0.2, 0) is 19.1 Å². The molecule has 32 heavy (non-hydrogen) atoms. The predicted molar refractivity (Wildman–Crippen MR) is 122 cm³/mol. The molecule has 2 heterocycles. The molecule has 168 valence electrons. The number of hydrogen-bond donors (Lipinski definition) is 1. The maximum atomic E-state index is 12.5. The summed E-state index contributed by atoms with van der Waals surface area (Å²) in [6, 6.07) is 15.3. The molecule has 9 heteroatoms. The smallest absolute Gasteiger partial charge is 0.307 e. The van der Waals surface area contributed by atoms with Crippen molar-refractivity contribution >= 4 is 40.9 Å². The molecule has 0 spiro atoms. The van der Waals surface area contributed by atoms with Crippen LogP contribution >= 0.6 is 11.8 Å². The summed E-state index contributed by atoms with van der Waals surface area (Å²) in [5.41, 5.74) is 1.82. The fourth-order valence-electron chi connectivity index (χ4n) is 3.68. The fourth-order valence-corrected chi connectivity index (χ4v) is 4.77. The first-order valence-corrected chi connectivity index (χ1v) is 11.3. The number of ether oxygens (including phenoxy) is 2. The van der Waals surface area contributed by atoms with Crippen molar-refractivity contribution in [1.82, 2.24) is 4.90 Å². The molecule has 1 atom stereocenters. The van der Waals surface area contributed by atoms with Crippen molar-refractivity contribution in [3.63, 3.8) is 0 Å². The number of nitrogens with zero attached hydrogens (tertiary/aromatic N) is 2. The lowest BCUT2D eigenvalue weighted by Crippen LogP contribution is -2.50. The lowest BCUT2D eigenvalue weighted by Gasteiger charge is -2.36. The Bertz CT molecular complexity index is 989. The number of anilines is 2. The van der Waals surface area contributed by atoms with Gasteiger partial charge in [0.2, 0.25) is 5.91 Å². The first-order valence-electron chi connectivity index (χ1n) is 10.4. The van der Waals surface area contributed by atoms with Gasteiger partial charge < -0.3 is 24.6 Å². The van der Waals surface area contributed by atoms with Gasteiger partial charge in [-0.3, -0.25) is 14.4 Å². The molecule has 2 aliphatic heterocycles. The lowest BCUT2D eigenvalue weighted by molar-refractivity contribution is -0.152. The molecule has 1 fully saturated rings. The van der Waals surface area contributed by atoms with Gasteiger partial charge in [0, 0.05) is 36.8 Å². The van der Waals surface area contributed by atoms with Crippen LogP contribution in [0.15, 0.2) is 53.4 Å². The molecule has 2 amide bonds. The maximum Gasteiger partial charge on any atom is 0.307 e. The Labute approximate surface area is 190 Å². The van der Waals surface area contributed by atoms with Crippen LogP contribution in [0.5, 0.6) is 5.75 Å². The molecule has 1 saturated heterocycles. The number of benzene rings is 2. The van der Waals surface area contributed by atoms with Crippen molar-refractivity contribution in [2.45, 2.75) is 16.6 Å². The second-order valence-corrected chi connectivity index (χ2v) is 8.77. The van der Waals surface area contributed by atoms with Gasteiger partial charge in [-0.2, -0.15) is 0 Å². The van der Waals surface area contributed by atoms with Gasteiger partial charge in [-0.15, -0.1) is 11.8 Å². The Balaban J connectivity index is 1.21. The Hall–Kier alpha value is -3.20. The Morgan fingerprint density at radius 1 is 1.06 bits per heavy atom. The summed E-state index contributed by atoms with van der Waals surface area (Å²) < 4.78 is 10.4. The van der Waals surface area contributed by atoms with Crippen LogP contribution in [0.2, 0.25) is 0 Å². The van der Waals surface area contributed by atoms with E-state index in [9.17, 15) is 14.4 Å². The summed E-state index contributed by atoms with van der Waals surface area (Å²) in [6.45, 7) is 2.20. The largest absolute Gasteiger partial charge is 0.497 e. The molecule has 0 saturated carbocycles. The van der Waals surface area contributed by atoms with Crippen LogP contribution in [-0.4, -0.2) is 67.8 Å². The number of piperazine rings is 1. The summed E-state index contributed by atoms with van der Waals surface area (Å²) in [5.74, 6) is -0.203. The van der Waals surface area contributed by atoms with Gasteiger partial charge in [0.25, 0.3) is 5.91 Å². The van der Waals surface area contributed by atoms with Crippen LogP contribution < -0.4 is 15.0 Å². The van der Waals surface area contributed by atoms with Gasteiger partial charge in [-0.25, -0.2) is 0 Å². The van der Waals surface area contributed by atoms with Crippen LogP contribution in [0.25, 0.3) is 0 Å². The average molecular weight is 456 g/mol. The monoisotopic (exact) mass is 455 g/mol. The van der Waals surface area contributed by atoms with Crippen molar-refractivity contribution in [2.75, 3.05) is 50.1 Å².